The van der Waals surface area contributed by atoms with Crippen molar-refractivity contribution in [2.75, 3.05) is 0 Å². The van der Waals surface area contributed by atoms with Crippen LogP contribution in [0.2, 0.25) is 0 Å². The van der Waals surface area contributed by atoms with Gasteiger partial charge in [0.05, 0.1) is 12.7 Å². The number of benzene rings is 2. The van der Waals surface area contributed by atoms with Crippen molar-refractivity contribution in [3.05, 3.63) is 70.3 Å². The Hall–Kier alpha value is -1.90. The maximum atomic E-state index is 10.7. The predicted octanol–water partition coefficient (Wildman–Crippen LogP) is 5.06. The van der Waals surface area contributed by atoms with Gasteiger partial charge in [-0.15, -0.1) is 0 Å². The summed E-state index contributed by atoms with van der Waals surface area (Å²) < 4.78 is 0. The molecule has 0 spiro atoms. The first kappa shape index (κ1) is 18.9. The van der Waals surface area contributed by atoms with Crippen LogP contribution >= 0.6 is 0 Å². The SMILES string of the molecule is C/C(=C/c1ccc(CO)cc1)c1ccc2c(c1)C(C)(C)C(O)CC2(C)C. The van der Waals surface area contributed by atoms with Crippen molar-refractivity contribution in [3.63, 3.8) is 0 Å². The molecule has 0 aliphatic heterocycles. The zero-order valence-corrected chi connectivity index (χ0v) is 16.5. The molecule has 2 aromatic carbocycles. The van der Waals surface area contributed by atoms with Gasteiger partial charge in [0.1, 0.15) is 0 Å². The molecule has 2 heteroatoms. The lowest BCUT2D eigenvalue weighted by Gasteiger charge is -2.45. The van der Waals surface area contributed by atoms with E-state index in [0.717, 1.165) is 17.5 Å². The number of rotatable bonds is 3. The average Bonchev–Trinajstić information content (AvgIpc) is 2.60. The van der Waals surface area contributed by atoms with E-state index in [1.807, 2.05) is 24.3 Å². The summed E-state index contributed by atoms with van der Waals surface area (Å²) in [5.74, 6) is 0. The van der Waals surface area contributed by atoms with Crippen LogP contribution in [0.3, 0.4) is 0 Å². The van der Waals surface area contributed by atoms with Crippen molar-refractivity contribution in [1.82, 2.24) is 0 Å². The summed E-state index contributed by atoms with van der Waals surface area (Å²) in [5.41, 5.74) is 6.76. The van der Waals surface area contributed by atoms with Gasteiger partial charge in [0.15, 0.2) is 0 Å². The van der Waals surface area contributed by atoms with Crippen LogP contribution in [0, 0.1) is 0 Å². The minimum atomic E-state index is -0.337. The van der Waals surface area contributed by atoms with E-state index in [9.17, 15) is 10.2 Å². The van der Waals surface area contributed by atoms with Crippen molar-refractivity contribution in [3.8, 4) is 0 Å². The molecular weight excluding hydrogens is 320 g/mol. The summed E-state index contributed by atoms with van der Waals surface area (Å²) in [4.78, 5) is 0. The van der Waals surface area contributed by atoms with E-state index in [0.29, 0.717) is 0 Å². The fourth-order valence-corrected chi connectivity index (χ4v) is 3.99. The molecule has 2 nitrogen and oxygen atoms in total. The molecule has 3 rings (SSSR count). The van der Waals surface area contributed by atoms with Crippen LogP contribution in [0.5, 0.6) is 0 Å². The van der Waals surface area contributed by atoms with Crippen LogP contribution in [0.15, 0.2) is 42.5 Å². The second-order valence-electron chi connectivity index (χ2n) is 8.81. The standard InChI is InChI=1S/C24H30O2/c1-16(12-17-6-8-18(15-25)9-7-17)19-10-11-20-21(13-19)24(4,5)22(26)14-23(20,2)3/h6-13,22,25-26H,14-15H2,1-5H3/b16-12-. The minimum absolute atomic E-state index is 0.0133. The molecule has 1 aliphatic rings. The highest BCUT2D eigenvalue weighted by Gasteiger charge is 2.43. The Balaban J connectivity index is 2.02. The van der Waals surface area contributed by atoms with Gasteiger partial charge in [-0.1, -0.05) is 76.2 Å². The highest BCUT2D eigenvalue weighted by molar-refractivity contribution is 5.80. The number of hydrogen-bond donors (Lipinski definition) is 2. The normalized spacial score (nSPS) is 21.3. The van der Waals surface area contributed by atoms with E-state index >= 15 is 0 Å². The molecule has 26 heavy (non-hydrogen) atoms. The molecule has 0 saturated heterocycles. The van der Waals surface area contributed by atoms with Crippen molar-refractivity contribution in [1.29, 1.82) is 0 Å². The van der Waals surface area contributed by atoms with Crippen LogP contribution in [0.25, 0.3) is 11.6 Å². The van der Waals surface area contributed by atoms with Crippen molar-refractivity contribution < 1.29 is 10.2 Å². The fourth-order valence-electron chi connectivity index (χ4n) is 3.99. The Bertz CT molecular complexity index is 826. The summed E-state index contributed by atoms with van der Waals surface area (Å²) in [5, 5.41) is 19.9. The van der Waals surface area contributed by atoms with Gasteiger partial charge in [0.25, 0.3) is 0 Å². The number of allylic oxidation sites excluding steroid dienone is 1. The smallest absolute Gasteiger partial charge is 0.0681 e. The molecule has 1 unspecified atom stereocenters. The second kappa shape index (κ2) is 6.68. The Morgan fingerprint density at radius 3 is 2.31 bits per heavy atom. The van der Waals surface area contributed by atoms with Crippen molar-refractivity contribution in [2.24, 2.45) is 0 Å². The van der Waals surface area contributed by atoms with Gasteiger partial charge in [-0.05, 0) is 52.1 Å². The number of fused-ring (bicyclic) bond motifs is 1. The maximum absolute atomic E-state index is 10.7. The van der Waals surface area contributed by atoms with E-state index < -0.39 is 0 Å². The molecule has 0 saturated carbocycles. The van der Waals surface area contributed by atoms with Gasteiger partial charge in [-0.25, -0.2) is 0 Å². The number of aliphatic hydroxyl groups excluding tert-OH is 2. The summed E-state index contributed by atoms with van der Waals surface area (Å²) in [6.45, 7) is 10.9. The molecule has 2 aromatic rings. The third-order valence-corrected chi connectivity index (χ3v) is 5.98. The average molecular weight is 351 g/mol. The summed E-state index contributed by atoms with van der Waals surface area (Å²) >= 11 is 0. The summed E-state index contributed by atoms with van der Waals surface area (Å²) in [6, 6.07) is 14.7. The molecule has 0 fully saturated rings. The van der Waals surface area contributed by atoms with Crippen LogP contribution < -0.4 is 0 Å². The predicted molar refractivity (Wildman–Crippen MR) is 109 cm³/mol. The van der Waals surface area contributed by atoms with Gasteiger partial charge in [0.2, 0.25) is 0 Å². The van der Waals surface area contributed by atoms with Crippen LogP contribution in [-0.2, 0) is 17.4 Å². The van der Waals surface area contributed by atoms with Crippen LogP contribution in [0.1, 0.15) is 68.9 Å². The number of aliphatic hydroxyl groups is 2. The lowest BCUT2D eigenvalue weighted by atomic mass is 9.61. The lowest BCUT2D eigenvalue weighted by Crippen LogP contribution is -2.45. The van der Waals surface area contributed by atoms with Crippen LogP contribution in [-0.4, -0.2) is 16.3 Å². The quantitative estimate of drug-likeness (QED) is 0.760. The fraction of sp³-hybridized carbons (Fsp3) is 0.417. The molecule has 2 N–H and O–H groups in total. The van der Waals surface area contributed by atoms with Gasteiger partial charge in [-0.3, -0.25) is 0 Å². The molecule has 0 amide bonds. The molecule has 1 atom stereocenters. The second-order valence-corrected chi connectivity index (χ2v) is 8.81. The minimum Gasteiger partial charge on any atom is -0.392 e. The molecule has 0 aromatic heterocycles. The zero-order valence-electron chi connectivity index (χ0n) is 16.5. The third-order valence-electron chi connectivity index (χ3n) is 5.98. The van der Waals surface area contributed by atoms with E-state index in [-0.39, 0.29) is 23.5 Å². The zero-order chi connectivity index (χ0) is 19.1. The highest BCUT2D eigenvalue weighted by atomic mass is 16.3. The Morgan fingerprint density at radius 2 is 1.69 bits per heavy atom. The Kier molecular flexibility index (Phi) is 4.85. The molecule has 0 bridgehead atoms. The van der Waals surface area contributed by atoms with Gasteiger partial charge in [-0.2, -0.15) is 0 Å². The summed E-state index contributed by atoms with van der Waals surface area (Å²) in [7, 11) is 0. The van der Waals surface area contributed by atoms with E-state index in [4.69, 9.17) is 0 Å². The lowest BCUT2D eigenvalue weighted by molar-refractivity contribution is 0.0583. The van der Waals surface area contributed by atoms with Gasteiger partial charge in [0, 0.05) is 5.41 Å². The van der Waals surface area contributed by atoms with Crippen molar-refractivity contribution >= 4 is 11.6 Å². The molecular formula is C24H30O2. The maximum Gasteiger partial charge on any atom is 0.0681 e. The van der Waals surface area contributed by atoms with E-state index in [2.05, 4.69) is 58.9 Å². The molecule has 1 aliphatic carbocycles. The first-order valence-electron chi connectivity index (χ1n) is 9.37. The molecule has 0 heterocycles. The topological polar surface area (TPSA) is 40.5 Å². The van der Waals surface area contributed by atoms with Gasteiger partial charge < -0.3 is 10.2 Å². The first-order chi connectivity index (χ1) is 12.1. The van der Waals surface area contributed by atoms with E-state index in [1.54, 1.807) is 0 Å². The number of hydrogen-bond acceptors (Lipinski definition) is 2. The Labute approximate surface area is 157 Å². The van der Waals surface area contributed by atoms with Crippen molar-refractivity contribution in [2.45, 2.75) is 64.6 Å². The van der Waals surface area contributed by atoms with E-state index in [1.165, 1.54) is 22.3 Å². The molecule has 0 radical (unpaired) electrons. The molecule has 138 valence electrons. The Morgan fingerprint density at radius 1 is 1.04 bits per heavy atom. The third kappa shape index (κ3) is 3.36. The largest absolute Gasteiger partial charge is 0.392 e. The monoisotopic (exact) mass is 350 g/mol. The summed E-state index contributed by atoms with van der Waals surface area (Å²) in [6.07, 6.45) is 2.62. The highest BCUT2D eigenvalue weighted by Crippen LogP contribution is 2.46. The van der Waals surface area contributed by atoms with Gasteiger partial charge >= 0.3 is 0 Å². The first-order valence-corrected chi connectivity index (χ1v) is 9.37. The van der Waals surface area contributed by atoms with Crippen LogP contribution in [0.4, 0.5) is 0 Å².